The van der Waals surface area contributed by atoms with Crippen LogP contribution in [0.1, 0.15) is 63.2 Å². The second kappa shape index (κ2) is 8.93. The first-order valence-electron chi connectivity index (χ1n) is 9.94. The zero-order valence-corrected chi connectivity index (χ0v) is 20.1. The highest BCUT2D eigenvalue weighted by Crippen LogP contribution is 2.30. The first-order chi connectivity index (χ1) is 14.0. The van der Waals surface area contributed by atoms with E-state index in [1.165, 1.54) is 28.0 Å². The maximum atomic E-state index is 12.3. The Kier molecular flexibility index (Phi) is 6.71. The van der Waals surface area contributed by atoms with Gasteiger partial charge in [0.25, 0.3) is 0 Å². The third-order valence-electron chi connectivity index (χ3n) is 4.47. The van der Waals surface area contributed by atoms with Gasteiger partial charge in [0, 0.05) is 5.75 Å². The number of nitrogens with zero attached hydrogens (tertiary/aromatic N) is 4. The molecule has 0 saturated heterocycles. The first-order valence-corrected chi connectivity index (χ1v) is 11.7. The fraction of sp³-hybridized carbons (Fsp3) is 0.524. The number of aryl methyl sites for hydroxylation is 2. The Balaban J connectivity index is 1.78. The van der Waals surface area contributed by atoms with Crippen LogP contribution in [0.4, 0.5) is 4.79 Å². The molecular formula is C21H29N5O2S2. The van der Waals surface area contributed by atoms with Crippen molar-refractivity contribution in [1.29, 1.82) is 0 Å². The number of amides is 1. The highest BCUT2D eigenvalue weighted by molar-refractivity contribution is 8.00. The predicted octanol–water partition coefficient (Wildman–Crippen LogP) is 5.32. The molecule has 1 unspecified atom stereocenters. The Morgan fingerprint density at radius 1 is 1.27 bits per heavy atom. The molecular weight excluding hydrogens is 418 g/mol. The van der Waals surface area contributed by atoms with Gasteiger partial charge in [-0.05, 0) is 51.7 Å². The lowest BCUT2D eigenvalue weighted by Gasteiger charge is -2.24. The average molecular weight is 448 g/mol. The van der Waals surface area contributed by atoms with E-state index in [1.54, 1.807) is 16.3 Å². The van der Waals surface area contributed by atoms with E-state index in [2.05, 4.69) is 47.6 Å². The minimum Gasteiger partial charge on any atom is -0.444 e. The Morgan fingerprint density at radius 2 is 2.00 bits per heavy atom. The number of hydrogen-bond donors (Lipinski definition) is 1. The highest BCUT2D eigenvalue weighted by Gasteiger charge is 2.27. The molecule has 162 valence electrons. The van der Waals surface area contributed by atoms with Crippen LogP contribution in [0.2, 0.25) is 0 Å². The van der Waals surface area contributed by atoms with E-state index < -0.39 is 11.7 Å². The van der Waals surface area contributed by atoms with Crippen LogP contribution in [0.3, 0.4) is 0 Å². The topological polar surface area (TPSA) is 81.4 Å². The van der Waals surface area contributed by atoms with E-state index in [9.17, 15) is 4.79 Å². The van der Waals surface area contributed by atoms with Crippen molar-refractivity contribution in [2.75, 3.05) is 0 Å². The van der Waals surface area contributed by atoms with Gasteiger partial charge in [0.1, 0.15) is 5.60 Å². The number of carbonyl (C=O) groups excluding carboxylic acids is 1. The van der Waals surface area contributed by atoms with Crippen LogP contribution >= 0.6 is 23.1 Å². The standard InChI is InChI=1S/C21H29N5O2S2/c1-12(2)16(22-19(27)28-21(5,6)7)17-23-24-18-26(17)25-20(30-18)29-11-15-10-13(3)8-9-14(15)4/h8-10,12,16H,11H2,1-7H3,(H,22,27). The number of hydrogen-bond acceptors (Lipinski definition) is 7. The highest BCUT2D eigenvalue weighted by atomic mass is 32.2. The van der Waals surface area contributed by atoms with E-state index in [4.69, 9.17) is 9.84 Å². The quantitative estimate of drug-likeness (QED) is 0.515. The molecule has 1 N–H and O–H groups in total. The minimum absolute atomic E-state index is 0.0951. The van der Waals surface area contributed by atoms with Gasteiger partial charge in [-0.25, -0.2) is 4.79 Å². The molecule has 1 atom stereocenters. The van der Waals surface area contributed by atoms with Gasteiger partial charge in [0.15, 0.2) is 10.2 Å². The molecule has 2 aromatic heterocycles. The summed E-state index contributed by atoms with van der Waals surface area (Å²) in [6, 6.07) is 6.14. The predicted molar refractivity (Wildman–Crippen MR) is 121 cm³/mol. The van der Waals surface area contributed by atoms with Crippen LogP contribution in [0.5, 0.6) is 0 Å². The normalized spacial score (nSPS) is 13.1. The van der Waals surface area contributed by atoms with E-state index in [1.807, 2.05) is 34.6 Å². The smallest absolute Gasteiger partial charge is 0.408 e. The number of nitrogens with one attached hydrogen (secondary N) is 1. The van der Waals surface area contributed by atoms with Gasteiger partial charge < -0.3 is 10.1 Å². The van der Waals surface area contributed by atoms with Crippen molar-refractivity contribution < 1.29 is 9.53 Å². The van der Waals surface area contributed by atoms with Crippen LogP contribution in [0.15, 0.2) is 22.5 Å². The molecule has 0 aliphatic carbocycles. The number of fused-ring (bicyclic) bond motifs is 1. The Labute approximate surface area is 185 Å². The van der Waals surface area contributed by atoms with E-state index in [0.717, 1.165) is 10.1 Å². The van der Waals surface area contributed by atoms with E-state index >= 15 is 0 Å². The molecule has 30 heavy (non-hydrogen) atoms. The lowest BCUT2D eigenvalue weighted by Crippen LogP contribution is -2.37. The van der Waals surface area contributed by atoms with Crippen LogP contribution in [0, 0.1) is 19.8 Å². The summed E-state index contributed by atoms with van der Waals surface area (Å²) in [6.45, 7) is 13.8. The minimum atomic E-state index is -0.565. The average Bonchev–Trinajstić information content (AvgIpc) is 3.19. The molecule has 9 heteroatoms. The molecule has 3 rings (SSSR count). The van der Waals surface area contributed by atoms with Crippen molar-refractivity contribution in [3.05, 3.63) is 40.7 Å². The van der Waals surface area contributed by atoms with E-state index in [-0.39, 0.29) is 12.0 Å². The number of rotatable bonds is 6. The molecule has 0 bridgehead atoms. The van der Waals surface area contributed by atoms with Gasteiger partial charge >= 0.3 is 6.09 Å². The number of benzene rings is 1. The molecule has 0 aliphatic rings. The summed E-state index contributed by atoms with van der Waals surface area (Å²) in [5.74, 6) is 1.55. The van der Waals surface area contributed by atoms with Crippen molar-refractivity contribution in [1.82, 2.24) is 25.1 Å². The van der Waals surface area contributed by atoms with Gasteiger partial charge in [-0.3, -0.25) is 0 Å². The number of thioether (sulfide) groups is 1. The summed E-state index contributed by atoms with van der Waals surface area (Å²) in [5.41, 5.74) is 3.27. The third-order valence-corrected chi connectivity index (χ3v) is 6.55. The zero-order valence-electron chi connectivity index (χ0n) is 18.5. The van der Waals surface area contributed by atoms with Crippen LogP contribution in [0.25, 0.3) is 4.96 Å². The molecule has 0 spiro atoms. The molecule has 0 saturated carbocycles. The van der Waals surface area contributed by atoms with Crippen LogP contribution < -0.4 is 5.32 Å². The molecule has 1 aromatic carbocycles. The van der Waals surface area contributed by atoms with Crippen LogP contribution in [-0.4, -0.2) is 31.5 Å². The van der Waals surface area contributed by atoms with Gasteiger partial charge in [-0.1, -0.05) is 60.7 Å². The zero-order chi connectivity index (χ0) is 22.1. The third kappa shape index (κ3) is 5.51. The number of carbonyl (C=O) groups is 1. The van der Waals surface area contributed by atoms with Gasteiger partial charge in [0.05, 0.1) is 6.04 Å². The second-order valence-corrected chi connectivity index (χ2v) is 10.9. The molecule has 0 aliphatic heterocycles. The molecule has 3 aromatic rings. The SMILES string of the molecule is Cc1ccc(C)c(CSc2nn3c(C(NC(=O)OC(C)(C)C)C(C)C)nnc3s2)c1. The summed E-state index contributed by atoms with van der Waals surface area (Å²) in [7, 11) is 0. The lowest BCUT2D eigenvalue weighted by atomic mass is 10.0. The molecule has 0 fully saturated rings. The van der Waals surface area contributed by atoms with Crippen molar-refractivity contribution in [2.45, 2.75) is 70.2 Å². The maximum absolute atomic E-state index is 12.3. The molecule has 2 heterocycles. The second-order valence-electron chi connectivity index (χ2n) is 8.71. The van der Waals surface area contributed by atoms with Gasteiger partial charge in [-0.2, -0.15) is 4.52 Å². The van der Waals surface area contributed by atoms with Crippen molar-refractivity contribution in [2.24, 2.45) is 5.92 Å². The van der Waals surface area contributed by atoms with Crippen molar-refractivity contribution in [3.8, 4) is 0 Å². The Bertz CT molecular complexity index is 1040. The molecule has 1 amide bonds. The maximum Gasteiger partial charge on any atom is 0.408 e. The first kappa shape index (κ1) is 22.6. The van der Waals surface area contributed by atoms with Crippen LogP contribution in [-0.2, 0) is 10.5 Å². The largest absolute Gasteiger partial charge is 0.444 e. The van der Waals surface area contributed by atoms with Gasteiger partial charge in [0.2, 0.25) is 4.96 Å². The van der Waals surface area contributed by atoms with Crippen molar-refractivity contribution in [3.63, 3.8) is 0 Å². The molecule has 7 nitrogen and oxygen atoms in total. The number of aromatic nitrogens is 4. The molecule has 0 radical (unpaired) electrons. The van der Waals surface area contributed by atoms with E-state index in [0.29, 0.717) is 10.8 Å². The van der Waals surface area contributed by atoms with Crippen molar-refractivity contribution >= 4 is 34.2 Å². The fourth-order valence-corrected chi connectivity index (χ4v) is 4.87. The summed E-state index contributed by atoms with van der Waals surface area (Å²) in [6.07, 6.45) is -0.474. The summed E-state index contributed by atoms with van der Waals surface area (Å²) in [5, 5.41) is 16.2. The fourth-order valence-electron chi connectivity index (χ4n) is 2.93. The Hall–Kier alpha value is -2.13. The summed E-state index contributed by atoms with van der Waals surface area (Å²) >= 11 is 3.19. The Morgan fingerprint density at radius 3 is 2.67 bits per heavy atom. The summed E-state index contributed by atoms with van der Waals surface area (Å²) in [4.78, 5) is 13.0. The summed E-state index contributed by atoms with van der Waals surface area (Å²) < 4.78 is 8.07. The number of alkyl carbamates (subject to hydrolysis) is 1. The lowest BCUT2D eigenvalue weighted by molar-refractivity contribution is 0.0486. The monoisotopic (exact) mass is 447 g/mol. The number of ether oxygens (including phenoxy) is 1. The van der Waals surface area contributed by atoms with Gasteiger partial charge in [-0.15, -0.1) is 15.3 Å².